The van der Waals surface area contributed by atoms with Gasteiger partial charge in [-0.1, -0.05) is 28.1 Å². The van der Waals surface area contributed by atoms with Crippen molar-refractivity contribution < 1.29 is 0 Å². The number of pyridine rings is 1. The Hall–Kier alpha value is -0.350. The summed E-state index contributed by atoms with van der Waals surface area (Å²) in [5.41, 5.74) is 0.615. The van der Waals surface area contributed by atoms with Gasteiger partial charge >= 0.3 is 0 Å². The van der Waals surface area contributed by atoms with Crippen LogP contribution in [0.25, 0.3) is 6.08 Å². The SMILES string of the molecule is O=c1[nH]cc(Br)cc1C=CCCBr. The molecule has 0 aromatic carbocycles. The summed E-state index contributed by atoms with van der Waals surface area (Å²) in [5.74, 6) is 0. The summed E-state index contributed by atoms with van der Waals surface area (Å²) in [4.78, 5) is 13.9. The molecule has 1 rings (SSSR count). The molecule has 0 radical (unpaired) electrons. The average Bonchev–Trinajstić information content (AvgIpc) is 2.11. The first-order valence-electron chi connectivity index (χ1n) is 3.85. The van der Waals surface area contributed by atoms with Crippen LogP contribution in [0.15, 0.2) is 27.6 Å². The molecule has 0 fully saturated rings. The van der Waals surface area contributed by atoms with Gasteiger partial charge < -0.3 is 4.98 Å². The molecular weight excluding hydrogens is 298 g/mol. The minimum absolute atomic E-state index is 0.0611. The molecule has 0 saturated carbocycles. The van der Waals surface area contributed by atoms with Crippen molar-refractivity contribution >= 4 is 37.9 Å². The van der Waals surface area contributed by atoms with Crippen molar-refractivity contribution in [3.8, 4) is 0 Å². The van der Waals surface area contributed by atoms with Crippen LogP contribution in [-0.2, 0) is 0 Å². The van der Waals surface area contributed by atoms with Crippen LogP contribution in [-0.4, -0.2) is 10.3 Å². The Bertz CT molecular complexity index is 357. The van der Waals surface area contributed by atoms with E-state index in [2.05, 4.69) is 36.8 Å². The van der Waals surface area contributed by atoms with Gasteiger partial charge in [0.25, 0.3) is 5.56 Å². The number of H-pyrrole nitrogens is 1. The van der Waals surface area contributed by atoms with E-state index in [9.17, 15) is 4.79 Å². The highest BCUT2D eigenvalue weighted by Gasteiger charge is 1.94. The monoisotopic (exact) mass is 305 g/mol. The molecular formula is C9H9Br2NO. The fourth-order valence-electron chi connectivity index (χ4n) is 0.871. The van der Waals surface area contributed by atoms with Gasteiger partial charge in [-0.3, -0.25) is 4.79 Å². The maximum Gasteiger partial charge on any atom is 0.255 e. The summed E-state index contributed by atoms with van der Waals surface area (Å²) >= 11 is 6.60. The van der Waals surface area contributed by atoms with Crippen molar-refractivity contribution in [2.75, 3.05) is 5.33 Å². The molecule has 0 saturated heterocycles. The normalized spacial score (nSPS) is 10.9. The zero-order valence-corrected chi connectivity index (χ0v) is 10.1. The molecule has 1 N–H and O–H groups in total. The Morgan fingerprint density at radius 2 is 2.31 bits per heavy atom. The molecule has 0 spiro atoms. The lowest BCUT2D eigenvalue weighted by Crippen LogP contribution is -2.07. The number of rotatable bonds is 3. The van der Waals surface area contributed by atoms with Gasteiger partial charge in [0.15, 0.2) is 0 Å². The largest absolute Gasteiger partial charge is 0.327 e. The van der Waals surface area contributed by atoms with E-state index >= 15 is 0 Å². The number of allylic oxidation sites excluding steroid dienone is 1. The minimum Gasteiger partial charge on any atom is -0.327 e. The van der Waals surface area contributed by atoms with Gasteiger partial charge in [0.1, 0.15) is 0 Å². The van der Waals surface area contributed by atoms with E-state index in [-0.39, 0.29) is 5.56 Å². The fourth-order valence-corrected chi connectivity index (χ4v) is 1.50. The van der Waals surface area contributed by atoms with Gasteiger partial charge in [0.2, 0.25) is 0 Å². The smallest absolute Gasteiger partial charge is 0.255 e. The zero-order valence-electron chi connectivity index (χ0n) is 6.89. The minimum atomic E-state index is -0.0611. The van der Waals surface area contributed by atoms with Gasteiger partial charge in [-0.15, -0.1) is 0 Å². The molecule has 0 aliphatic heterocycles. The molecule has 13 heavy (non-hydrogen) atoms. The second-order valence-corrected chi connectivity index (χ2v) is 4.19. The Balaban J connectivity index is 2.87. The van der Waals surface area contributed by atoms with Gasteiger partial charge in [0, 0.05) is 21.6 Å². The summed E-state index contributed by atoms with van der Waals surface area (Å²) in [6, 6.07) is 1.80. The van der Waals surface area contributed by atoms with Crippen LogP contribution in [0.2, 0.25) is 0 Å². The topological polar surface area (TPSA) is 32.9 Å². The fraction of sp³-hybridized carbons (Fsp3) is 0.222. The Labute approximate surface area is 93.3 Å². The molecule has 0 aliphatic carbocycles. The summed E-state index contributed by atoms with van der Waals surface area (Å²) < 4.78 is 0.880. The molecule has 1 aromatic heterocycles. The second-order valence-electron chi connectivity index (χ2n) is 2.48. The lowest BCUT2D eigenvalue weighted by atomic mass is 10.2. The molecule has 4 heteroatoms. The second kappa shape index (κ2) is 5.40. The van der Waals surface area contributed by atoms with E-state index in [0.717, 1.165) is 16.2 Å². The predicted molar refractivity (Wildman–Crippen MR) is 62.2 cm³/mol. The molecule has 0 unspecified atom stereocenters. The highest BCUT2D eigenvalue weighted by atomic mass is 79.9. The predicted octanol–water partition coefficient (Wildman–Crippen LogP) is 2.94. The number of hydrogen-bond donors (Lipinski definition) is 1. The number of nitrogens with one attached hydrogen (secondary N) is 1. The standard InChI is InChI=1S/C9H9Br2NO/c10-4-2-1-3-7-5-8(11)6-12-9(7)13/h1,3,5-6H,2,4H2,(H,12,13). The average molecular weight is 307 g/mol. The van der Waals surface area contributed by atoms with E-state index in [4.69, 9.17) is 0 Å². The quantitative estimate of drug-likeness (QED) is 0.856. The molecule has 0 bridgehead atoms. The summed E-state index contributed by atoms with van der Waals surface area (Å²) in [7, 11) is 0. The van der Waals surface area contributed by atoms with Crippen molar-refractivity contribution in [2.45, 2.75) is 6.42 Å². The number of hydrogen-bond acceptors (Lipinski definition) is 1. The molecule has 70 valence electrons. The number of aromatic amines is 1. The summed E-state index contributed by atoms with van der Waals surface area (Å²) in [6.07, 6.45) is 6.34. The van der Waals surface area contributed by atoms with Crippen molar-refractivity contribution in [1.82, 2.24) is 4.98 Å². The molecule has 0 atom stereocenters. The first kappa shape index (κ1) is 10.7. The third-order valence-corrected chi connectivity index (χ3v) is 2.39. The third kappa shape index (κ3) is 3.48. The van der Waals surface area contributed by atoms with Gasteiger partial charge in [-0.25, -0.2) is 0 Å². The molecule has 2 nitrogen and oxygen atoms in total. The highest BCUT2D eigenvalue weighted by Crippen LogP contribution is 2.08. The summed E-state index contributed by atoms with van der Waals surface area (Å²) in [5, 5.41) is 0.912. The van der Waals surface area contributed by atoms with Gasteiger partial charge in [0.05, 0.1) is 0 Å². The van der Waals surface area contributed by atoms with Crippen LogP contribution >= 0.6 is 31.9 Å². The molecule has 1 heterocycles. The molecule has 0 amide bonds. The number of halogens is 2. The summed E-state index contributed by atoms with van der Waals surface area (Å²) in [6.45, 7) is 0. The first-order chi connectivity index (χ1) is 6.24. The maximum atomic E-state index is 11.2. The van der Waals surface area contributed by atoms with Gasteiger partial charge in [-0.2, -0.15) is 0 Å². The lowest BCUT2D eigenvalue weighted by Gasteiger charge is -1.93. The lowest BCUT2D eigenvalue weighted by molar-refractivity contribution is 1.20. The van der Waals surface area contributed by atoms with E-state index in [0.29, 0.717) is 5.56 Å². The van der Waals surface area contributed by atoms with E-state index in [1.54, 1.807) is 12.3 Å². The van der Waals surface area contributed by atoms with Crippen LogP contribution in [0.4, 0.5) is 0 Å². The van der Waals surface area contributed by atoms with Gasteiger partial charge in [-0.05, 0) is 28.4 Å². The third-order valence-electron chi connectivity index (χ3n) is 1.47. The van der Waals surface area contributed by atoms with Crippen molar-refractivity contribution in [3.63, 3.8) is 0 Å². The number of alkyl halides is 1. The Morgan fingerprint density at radius 1 is 1.54 bits per heavy atom. The molecule has 0 aliphatic rings. The van der Waals surface area contributed by atoms with Crippen LogP contribution in [0.1, 0.15) is 12.0 Å². The Morgan fingerprint density at radius 3 is 3.00 bits per heavy atom. The van der Waals surface area contributed by atoms with Crippen LogP contribution in [0.3, 0.4) is 0 Å². The van der Waals surface area contributed by atoms with Crippen molar-refractivity contribution in [3.05, 3.63) is 38.7 Å². The van der Waals surface area contributed by atoms with E-state index in [1.165, 1.54) is 0 Å². The highest BCUT2D eigenvalue weighted by molar-refractivity contribution is 9.10. The van der Waals surface area contributed by atoms with Crippen molar-refractivity contribution in [1.29, 1.82) is 0 Å². The first-order valence-corrected chi connectivity index (χ1v) is 5.76. The van der Waals surface area contributed by atoms with E-state index < -0.39 is 0 Å². The van der Waals surface area contributed by atoms with E-state index in [1.807, 2.05) is 12.2 Å². The van der Waals surface area contributed by atoms with Crippen LogP contribution < -0.4 is 5.56 Å². The van der Waals surface area contributed by atoms with Crippen LogP contribution in [0, 0.1) is 0 Å². The zero-order chi connectivity index (χ0) is 9.68. The van der Waals surface area contributed by atoms with Crippen LogP contribution in [0.5, 0.6) is 0 Å². The van der Waals surface area contributed by atoms with Crippen molar-refractivity contribution in [2.24, 2.45) is 0 Å². The number of aromatic nitrogens is 1. The maximum absolute atomic E-state index is 11.2. The Kier molecular flexibility index (Phi) is 4.45. The molecule has 1 aromatic rings.